The largest absolute Gasteiger partial charge is 0.308 e. The van der Waals surface area contributed by atoms with Crippen molar-refractivity contribution in [3.05, 3.63) is 90.8 Å². The third-order valence-corrected chi connectivity index (χ3v) is 3.82. The summed E-state index contributed by atoms with van der Waals surface area (Å²) in [5.74, 6) is 0.0545. The number of benzene rings is 1. The van der Waals surface area contributed by atoms with Crippen LogP contribution in [0.2, 0.25) is 0 Å². The van der Waals surface area contributed by atoms with Crippen molar-refractivity contribution < 1.29 is 9.18 Å². The van der Waals surface area contributed by atoms with Gasteiger partial charge in [0.2, 0.25) is 0 Å². The number of carbonyl (C=O) groups is 1. The number of hydrogen-bond acceptors (Lipinski definition) is 3. The highest BCUT2D eigenvalue weighted by molar-refractivity contribution is 6.06. The molecule has 0 aliphatic carbocycles. The number of halogens is 1. The van der Waals surface area contributed by atoms with Crippen LogP contribution in [0.1, 0.15) is 10.4 Å². The molecule has 0 saturated heterocycles. The number of nitrogens with zero attached hydrogens (tertiary/aromatic N) is 4. The zero-order valence-corrected chi connectivity index (χ0v) is 13.6. The Balaban J connectivity index is 1.81. The number of hydrogen-bond donors (Lipinski definition) is 1. The Labute approximate surface area is 148 Å². The van der Waals surface area contributed by atoms with Crippen molar-refractivity contribution in [3.8, 4) is 11.5 Å². The highest BCUT2D eigenvalue weighted by Crippen LogP contribution is 2.22. The second-order valence-corrected chi connectivity index (χ2v) is 5.50. The smallest absolute Gasteiger partial charge is 0.262 e. The molecule has 7 heteroatoms. The van der Waals surface area contributed by atoms with E-state index in [0.29, 0.717) is 17.2 Å². The summed E-state index contributed by atoms with van der Waals surface area (Å²) in [5, 5.41) is 6.97. The number of amides is 1. The maximum atomic E-state index is 14.3. The molecule has 0 aliphatic heterocycles. The molecule has 0 saturated carbocycles. The quantitative estimate of drug-likeness (QED) is 0.615. The van der Waals surface area contributed by atoms with Gasteiger partial charge in [0.05, 0.1) is 6.20 Å². The fraction of sp³-hybridized carbons (Fsp3) is 0. The second kappa shape index (κ2) is 6.64. The number of carbonyl (C=O) groups excluding carboxylic acids is 1. The van der Waals surface area contributed by atoms with Crippen LogP contribution in [0.25, 0.3) is 11.5 Å². The molecule has 1 N–H and O–H groups in total. The van der Waals surface area contributed by atoms with Crippen molar-refractivity contribution in [1.29, 1.82) is 0 Å². The minimum atomic E-state index is -0.430. The van der Waals surface area contributed by atoms with Gasteiger partial charge in [-0.25, -0.2) is 14.1 Å². The van der Waals surface area contributed by atoms with Crippen LogP contribution in [0, 0.1) is 5.82 Å². The van der Waals surface area contributed by atoms with E-state index in [0.717, 1.165) is 0 Å². The van der Waals surface area contributed by atoms with E-state index in [1.165, 1.54) is 16.9 Å². The maximum absolute atomic E-state index is 14.3. The molecule has 0 fully saturated rings. The van der Waals surface area contributed by atoms with Crippen molar-refractivity contribution in [2.45, 2.75) is 0 Å². The minimum absolute atomic E-state index is 0.257. The molecule has 3 aromatic heterocycles. The summed E-state index contributed by atoms with van der Waals surface area (Å²) < 4.78 is 17.4. The van der Waals surface area contributed by atoms with Crippen LogP contribution in [-0.2, 0) is 0 Å². The average Bonchev–Trinajstić information content (AvgIpc) is 3.32. The van der Waals surface area contributed by atoms with E-state index in [1.807, 2.05) is 12.1 Å². The molecular weight excluding hydrogens is 333 g/mol. The molecule has 0 bridgehead atoms. The number of rotatable bonds is 4. The predicted molar refractivity (Wildman–Crippen MR) is 95.0 cm³/mol. The van der Waals surface area contributed by atoms with Gasteiger partial charge in [-0.3, -0.25) is 4.79 Å². The van der Waals surface area contributed by atoms with Crippen LogP contribution >= 0.6 is 0 Å². The Morgan fingerprint density at radius 2 is 1.77 bits per heavy atom. The van der Waals surface area contributed by atoms with Crippen molar-refractivity contribution in [1.82, 2.24) is 19.3 Å². The van der Waals surface area contributed by atoms with Crippen molar-refractivity contribution in [2.75, 3.05) is 5.32 Å². The highest BCUT2D eigenvalue weighted by atomic mass is 19.1. The lowest BCUT2D eigenvalue weighted by atomic mass is 10.2. The summed E-state index contributed by atoms with van der Waals surface area (Å²) >= 11 is 0. The van der Waals surface area contributed by atoms with Gasteiger partial charge in [0.25, 0.3) is 5.91 Å². The molecule has 0 atom stereocenters. The van der Waals surface area contributed by atoms with Crippen LogP contribution in [-0.4, -0.2) is 25.2 Å². The van der Waals surface area contributed by atoms with Gasteiger partial charge in [0, 0.05) is 18.6 Å². The first-order chi connectivity index (χ1) is 12.7. The summed E-state index contributed by atoms with van der Waals surface area (Å²) in [7, 11) is 0. The lowest BCUT2D eigenvalue weighted by Crippen LogP contribution is -2.16. The third-order valence-electron chi connectivity index (χ3n) is 3.82. The van der Waals surface area contributed by atoms with Crippen LogP contribution in [0.5, 0.6) is 0 Å². The second-order valence-electron chi connectivity index (χ2n) is 5.50. The molecule has 0 radical (unpaired) electrons. The van der Waals surface area contributed by atoms with Crippen molar-refractivity contribution >= 4 is 11.7 Å². The topological polar surface area (TPSA) is 64.7 Å². The molecule has 128 valence electrons. The summed E-state index contributed by atoms with van der Waals surface area (Å²) in [6.07, 6.45) is 6.54. The van der Waals surface area contributed by atoms with Crippen molar-refractivity contribution in [2.24, 2.45) is 0 Å². The van der Waals surface area contributed by atoms with Gasteiger partial charge < -0.3 is 9.88 Å². The number of aromatic nitrogens is 4. The Hall–Kier alpha value is -3.74. The van der Waals surface area contributed by atoms with Gasteiger partial charge in [0.1, 0.15) is 22.9 Å². The van der Waals surface area contributed by atoms with Gasteiger partial charge in [-0.2, -0.15) is 5.10 Å². The van der Waals surface area contributed by atoms with Gasteiger partial charge in [-0.05, 0) is 36.4 Å². The molecule has 0 spiro atoms. The van der Waals surface area contributed by atoms with Crippen LogP contribution < -0.4 is 5.32 Å². The first kappa shape index (κ1) is 15.8. The summed E-state index contributed by atoms with van der Waals surface area (Å²) in [6, 6.07) is 15.1. The zero-order valence-electron chi connectivity index (χ0n) is 13.6. The first-order valence-electron chi connectivity index (χ1n) is 7.93. The van der Waals surface area contributed by atoms with Gasteiger partial charge in [-0.15, -0.1) is 0 Å². The Morgan fingerprint density at radius 1 is 1.00 bits per heavy atom. The molecule has 1 aromatic carbocycles. The van der Waals surface area contributed by atoms with Crippen LogP contribution in [0.4, 0.5) is 10.2 Å². The first-order valence-corrected chi connectivity index (χ1v) is 7.93. The molecule has 1 amide bonds. The van der Waals surface area contributed by atoms with Gasteiger partial charge in [-0.1, -0.05) is 18.2 Å². The van der Waals surface area contributed by atoms with Crippen LogP contribution in [0.15, 0.2) is 79.4 Å². The lowest BCUT2D eigenvalue weighted by Gasteiger charge is -2.11. The maximum Gasteiger partial charge on any atom is 0.262 e. The number of para-hydroxylation sites is 1. The summed E-state index contributed by atoms with van der Waals surface area (Å²) in [6.45, 7) is 0. The fourth-order valence-corrected chi connectivity index (χ4v) is 2.65. The normalized spacial score (nSPS) is 10.7. The van der Waals surface area contributed by atoms with Gasteiger partial charge >= 0.3 is 0 Å². The number of pyridine rings is 1. The molecule has 0 aliphatic rings. The molecule has 3 heterocycles. The molecule has 0 unspecified atom stereocenters. The molecule has 26 heavy (non-hydrogen) atoms. The Bertz CT molecular complexity index is 1040. The lowest BCUT2D eigenvalue weighted by molar-refractivity contribution is 0.102. The standard InChI is InChI=1S/C19H14FN5O/c20-15-7-1-2-8-16(15)25-19(24-11-5-6-12-24)14(13-22-25)18(26)23-17-9-3-4-10-21-17/h1-13H,(H,21,23,26). The highest BCUT2D eigenvalue weighted by Gasteiger charge is 2.21. The Morgan fingerprint density at radius 3 is 2.50 bits per heavy atom. The molecule has 4 rings (SSSR count). The molecule has 4 aromatic rings. The van der Waals surface area contributed by atoms with E-state index in [2.05, 4.69) is 15.4 Å². The minimum Gasteiger partial charge on any atom is -0.308 e. The van der Waals surface area contributed by atoms with Crippen molar-refractivity contribution in [3.63, 3.8) is 0 Å². The zero-order chi connectivity index (χ0) is 17.9. The van der Waals surface area contributed by atoms with E-state index >= 15 is 0 Å². The SMILES string of the molecule is O=C(Nc1ccccn1)c1cnn(-c2ccccc2F)c1-n1cccc1. The number of anilines is 1. The third kappa shape index (κ3) is 2.86. The predicted octanol–water partition coefficient (Wildman–Crippen LogP) is 3.45. The van der Waals surface area contributed by atoms with E-state index in [4.69, 9.17) is 0 Å². The molecule has 6 nitrogen and oxygen atoms in total. The summed E-state index contributed by atoms with van der Waals surface area (Å²) in [5.41, 5.74) is 0.559. The van der Waals surface area contributed by atoms with E-state index in [-0.39, 0.29) is 11.6 Å². The summed E-state index contributed by atoms with van der Waals surface area (Å²) in [4.78, 5) is 16.8. The van der Waals surface area contributed by atoms with E-state index < -0.39 is 5.82 Å². The monoisotopic (exact) mass is 347 g/mol. The van der Waals surface area contributed by atoms with E-state index in [9.17, 15) is 9.18 Å². The molecular formula is C19H14FN5O. The van der Waals surface area contributed by atoms with Crippen LogP contribution in [0.3, 0.4) is 0 Å². The number of nitrogens with one attached hydrogen (secondary N) is 1. The van der Waals surface area contributed by atoms with Gasteiger partial charge in [0.15, 0.2) is 5.82 Å². The fourth-order valence-electron chi connectivity index (χ4n) is 2.65. The Kier molecular flexibility index (Phi) is 4.03. The average molecular weight is 347 g/mol. The van der Waals surface area contributed by atoms with E-state index in [1.54, 1.807) is 59.6 Å².